The molecule has 1 aromatic carbocycles. The van der Waals surface area contributed by atoms with Crippen LogP contribution >= 0.6 is 0 Å². The van der Waals surface area contributed by atoms with E-state index in [9.17, 15) is 4.79 Å². The molecule has 6 heteroatoms. The Kier molecular flexibility index (Phi) is 3.59. The molecule has 6 nitrogen and oxygen atoms in total. The quantitative estimate of drug-likeness (QED) is 0.857. The first-order valence-electron chi connectivity index (χ1n) is 5.40. The number of carbonyl (C=O) groups is 1. The fraction of sp³-hybridized carbons (Fsp3) is 0.167. The second-order valence-electron chi connectivity index (χ2n) is 3.69. The molecule has 0 saturated carbocycles. The molecule has 0 fully saturated rings. The maximum atomic E-state index is 11.0. The predicted octanol–water partition coefficient (Wildman–Crippen LogP) is 1.51. The number of nitrogens with zero attached hydrogens (tertiary/aromatic N) is 2. The lowest BCUT2D eigenvalue weighted by molar-refractivity contribution is 0.181. The number of anilines is 1. The Bertz CT molecular complexity index is 536. The number of rotatable bonds is 4. The van der Waals surface area contributed by atoms with Crippen LogP contribution in [0.5, 0.6) is 0 Å². The third-order valence-corrected chi connectivity index (χ3v) is 2.30. The first-order valence-corrected chi connectivity index (χ1v) is 5.40. The number of amides is 2. The predicted molar refractivity (Wildman–Crippen MR) is 67.5 cm³/mol. The van der Waals surface area contributed by atoms with Gasteiger partial charge in [-0.3, -0.25) is 5.32 Å². The van der Waals surface area contributed by atoms with Crippen molar-refractivity contribution in [3.8, 4) is 5.69 Å². The monoisotopic (exact) mass is 246 g/mol. The summed E-state index contributed by atoms with van der Waals surface area (Å²) in [6.45, 7) is 0.368. The van der Waals surface area contributed by atoms with E-state index in [1.54, 1.807) is 17.9 Å². The molecule has 18 heavy (non-hydrogen) atoms. The molecule has 0 aliphatic heterocycles. The van der Waals surface area contributed by atoms with Crippen LogP contribution in [0, 0.1) is 0 Å². The molecule has 2 rings (SSSR count). The summed E-state index contributed by atoms with van der Waals surface area (Å²) in [5.74, 6) is 0.515. The van der Waals surface area contributed by atoms with E-state index in [1.807, 2.05) is 30.3 Å². The molecule has 0 radical (unpaired) electrons. The second kappa shape index (κ2) is 5.33. The van der Waals surface area contributed by atoms with Crippen LogP contribution < -0.4 is 11.1 Å². The van der Waals surface area contributed by atoms with Gasteiger partial charge in [-0.15, -0.1) is 0 Å². The molecule has 0 saturated heterocycles. The van der Waals surface area contributed by atoms with Gasteiger partial charge in [-0.05, 0) is 12.1 Å². The van der Waals surface area contributed by atoms with Crippen molar-refractivity contribution in [1.82, 2.24) is 9.78 Å². The van der Waals surface area contributed by atoms with E-state index in [1.165, 1.54) is 0 Å². The number of carbonyl (C=O) groups excluding carboxylic acids is 1. The Morgan fingerprint density at radius 3 is 2.78 bits per heavy atom. The lowest BCUT2D eigenvalue weighted by Gasteiger charge is -2.06. The minimum atomic E-state index is -0.629. The van der Waals surface area contributed by atoms with Crippen LogP contribution in [0.4, 0.5) is 10.6 Å². The number of benzene rings is 1. The minimum Gasteiger partial charge on any atom is -0.378 e. The number of nitrogens with two attached hydrogens (primary N) is 1. The van der Waals surface area contributed by atoms with Gasteiger partial charge in [0.05, 0.1) is 18.0 Å². The number of primary amides is 1. The van der Waals surface area contributed by atoms with Crippen LogP contribution in [0.15, 0.2) is 36.4 Å². The van der Waals surface area contributed by atoms with E-state index in [0.717, 1.165) is 5.69 Å². The van der Waals surface area contributed by atoms with Gasteiger partial charge in [0, 0.05) is 13.2 Å². The molecule has 94 valence electrons. The molecule has 3 N–H and O–H groups in total. The summed E-state index contributed by atoms with van der Waals surface area (Å²) in [5.41, 5.74) is 6.68. The number of methoxy groups -OCH3 is 1. The highest BCUT2D eigenvalue weighted by Crippen LogP contribution is 2.17. The average Bonchev–Trinajstić information content (AvgIpc) is 2.73. The summed E-state index contributed by atoms with van der Waals surface area (Å²) in [7, 11) is 1.59. The molecule has 1 aromatic heterocycles. The van der Waals surface area contributed by atoms with E-state index in [0.29, 0.717) is 18.1 Å². The Morgan fingerprint density at radius 1 is 1.44 bits per heavy atom. The Morgan fingerprint density at radius 2 is 2.17 bits per heavy atom. The second-order valence-corrected chi connectivity index (χ2v) is 3.69. The van der Waals surface area contributed by atoms with Gasteiger partial charge in [-0.25, -0.2) is 9.48 Å². The number of para-hydroxylation sites is 1. The van der Waals surface area contributed by atoms with Crippen molar-refractivity contribution >= 4 is 11.8 Å². The number of hydrogen-bond donors (Lipinski definition) is 2. The average molecular weight is 246 g/mol. The highest BCUT2D eigenvalue weighted by atomic mass is 16.5. The van der Waals surface area contributed by atoms with Gasteiger partial charge in [0.1, 0.15) is 5.82 Å². The molecule has 1 heterocycles. The summed E-state index contributed by atoms with van der Waals surface area (Å²) in [6.07, 6.45) is 0. The van der Waals surface area contributed by atoms with Gasteiger partial charge in [0.25, 0.3) is 0 Å². The van der Waals surface area contributed by atoms with Crippen molar-refractivity contribution in [2.24, 2.45) is 5.73 Å². The number of urea groups is 1. The SMILES string of the molecule is COCc1cc(NC(N)=O)n(-c2ccccc2)n1. The molecule has 2 amide bonds. The fourth-order valence-corrected chi connectivity index (χ4v) is 1.63. The molecular formula is C12H14N4O2. The summed E-state index contributed by atoms with van der Waals surface area (Å²) < 4.78 is 6.63. The molecule has 0 aliphatic rings. The zero-order valence-electron chi connectivity index (χ0n) is 9.96. The molecule has 0 bridgehead atoms. The fourth-order valence-electron chi connectivity index (χ4n) is 1.63. The van der Waals surface area contributed by atoms with E-state index in [-0.39, 0.29) is 0 Å². The van der Waals surface area contributed by atoms with Gasteiger partial charge in [0.2, 0.25) is 0 Å². The third kappa shape index (κ3) is 2.67. The van der Waals surface area contributed by atoms with E-state index < -0.39 is 6.03 Å². The van der Waals surface area contributed by atoms with Crippen LogP contribution in [0.1, 0.15) is 5.69 Å². The van der Waals surface area contributed by atoms with E-state index >= 15 is 0 Å². The van der Waals surface area contributed by atoms with E-state index in [2.05, 4.69) is 10.4 Å². The van der Waals surface area contributed by atoms with Crippen LogP contribution in [-0.2, 0) is 11.3 Å². The standard InChI is InChI=1S/C12H14N4O2/c1-18-8-9-7-11(14-12(13)17)16(15-9)10-5-3-2-4-6-10/h2-7H,8H2,1H3,(H3,13,14,17). The van der Waals surface area contributed by atoms with Gasteiger partial charge in [-0.1, -0.05) is 18.2 Å². The van der Waals surface area contributed by atoms with Crippen LogP contribution in [0.3, 0.4) is 0 Å². The summed E-state index contributed by atoms with van der Waals surface area (Å²) in [5, 5.41) is 6.88. The highest BCUT2D eigenvalue weighted by molar-refractivity contribution is 5.87. The number of ether oxygens (including phenoxy) is 1. The van der Waals surface area contributed by atoms with Crippen molar-refractivity contribution in [2.75, 3.05) is 12.4 Å². The Labute approximate surface area is 104 Å². The highest BCUT2D eigenvalue weighted by Gasteiger charge is 2.10. The third-order valence-electron chi connectivity index (χ3n) is 2.30. The minimum absolute atomic E-state index is 0.368. The lowest BCUT2D eigenvalue weighted by atomic mass is 10.3. The van der Waals surface area contributed by atoms with Gasteiger partial charge in [0.15, 0.2) is 0 Å². The normalized spacial score (nSPS) is 10.3. The Hall–Kier alpha value is -2.34. The topological polar surface area (TPSA) is 82.2 Å². The summed E-state index contributed by atoms with van der Waals surface area (Å²) in [6, 6.07) is 10.6. The van der Waals surface area contributed by atoms with Gasteiger partial charge < -0.3 is 10.5 Å². The van der Waals surface area contributed by atoms with Crippen molar-refractivity contribution in [1.29, 1.82) is 0 Å². The first kappa shape index (κ1) is 12.1. The molecule has 0 spiro atoms. The number of hydrogen-bond acceptors (Lipinski definition) is 3. The van der Waals surface area contributed by atoms with Crippen molar-refractivity contribution in [2.45, 2.75) is 6.61 Å². The van der Waals surface area contributed by atoms with Gasteiger partial charge in [-0.2, -0.15) is 5.10 Å². The van der Waals surface area contributed by atoms with Crippen molar-refractivity contribution in [3.05, 3.63) is 42.1 Å². The van der Waals surface area contributed by atoms with Crippen molar-refractivity contribution in [3.63, 3.8) is 0 Å². The van der Waals surface area contributed by atoms with Crippen LogP contribution in [0.25, 0.3) is 5.69 Å². The maximum absolute atomic E-state index is 11.0. The first-order chi connectivity index (χ1) is 8.70. The van der Waals surface area contributed by atoms with Gasteiger partial charge >= 0.3 is 6.03 Å². The largest absolute Gasteiger partial charge is 0.378 e. The zero-order valence-corrected chi connectivity index (χ0v) is 9.96. The summed E-state index contributed by atoms with van der Waals surface area (Å²) >= 11 is 0. The zero-order chi connectivity index (χ0) is 13.0. The molecule has 0 aliphatic carbocycles. The molecule has 2 aromatic rings. The molecule has 0 atom stereocenters. The lowest BCUT2D eigenvalue weighted by Crippen LogP contribution is -2.21. The smallest absolute Gasteiger partial charge is 0.317 e. The number of nitrogens with one attached hydrogen (secondary N) is 1. The van der Waals surface area contributed by atoms with Crippen LogP contribution in [-0.4, -0.2) is 22.9 Å². The Balaban J connectivity index is 2.40. The van der Waals surface area contributed by atoms with E-state index in [4.69, 9.17) is 10.5 Å². The maximum Gasteiger partial charge on any atom is 0.317 e. The summed E-state index contributed by atoms with van der Waals surface area (Å²) in [4.78, 5) is 11.0. The number of aromatic nitrogens is 2. The van der Waals surface area contributed by atoms with Crippen molar-refractivity contribution < 1.29 is 9.53 Å². The molecular weight excluding hydrogens is 232 g/mol. The van der Waals surface area contributed by atoms with Crippen LogP contribution in [0.2, 0.25) is 0 Å². The molecule has 0 unspecified atom stereocenters.